The van der Waals surface area contributed by atoms with Gasteiger partial charge in [-0.05, 0) is 54.7 Å². The molecule has 2 aliphatic rings. The number of piperidine rings is 2. The first kappa shape index (κ1) is 13.2. The van der Waals surface area contributed by atoms with Gasteiger partial charge in [0.2, 0.25) is 0 Å². The van der Waals surface area contributed by atoms with Gasteiger partial charge in [0.1, 0.15) is 5.69 Å². The first-order valence-electron chi connectivity index (χ1n) is 6.89. The summed E-state index contributed by atoms with van der Waals surface area (Å²) in [7, 11) is 2.22. The van der Waals surface area contributed by atoms with Crippen LogP contribution in [0.1, 0.15) is 48.6 Å². The Morgan fingerprint density at radius 1 is 1.32 bits per heavy atom. The third kappa shape index (κ3) is 2.34. The van der Waals surface area contributed by atoms with E-state index in [1.165, 1.54) is 19.3 Å². The van der Waals surface area contributed by atoms with Crippen LogP contribution in [-0.4, -0.2) is 39.7 Å². The van der Waals surface area contributed by atoms with Crippen LogP contribution < -0.4 is 0 Å². The van der Waals surface area contributed by atoms with E-state index >= 15 is 0 Å². The molecule has 1 N–H and O–H groups in total. The first-order chi connectivity index (χ1) is 9.06. The molecular formula is C14H19BrN2O2. The molecule has 3 rings (SSSR count). The van der Waals surface area contributed by atoms with Crippen molar-refractivity contribution >= 4 is 21.9 Å². The Labute approximate surface area is 121 Å². The minimum atomic E-state index is -0.838. The summed E-state index contributed by atoms with van der Waals surface area (Å²) >= 11 is 3.40. The van der Waals surface area contributed by atoms with Gasteiger partial charge in [0.15, 0.2) is 0 Å². The Bertz CT molecular complexity index is 486. The fourth-order valence-electron chi connectivity index (χ4n) is 3.73. The lowest BCUT2D eigenvalue weighted by Gasteiger charge is -2.47. The van der Waals surface area contributed by atoms with Crippen LogP contribution in [0.5, 0.6) is 0 Å². The van der Waals surface area contributed by atoms with Crippen molar-refractivity contribution in [2.45, 2.75) is 50.2 Å². The highest BCUT2D eigenvalue weighted by atomic mass is 79.9. The van der Waals surface area contributed by atoms with Crippen molar-refractivity contribution in [1.29, 1.82) is 0 Å². The normalized spacial score (nSPS) is 31.4. The molecular weight excluding hydrogens is 308 g/mol. The molecule has 0 aromatic carbocycles. The zero-order valence-corrected chi connectivity index (χ0v) is 12.6. The standard InChI is InChI=1S/C14H19BrN2O2/c1-16-10-3-2-4-11(16)7-12(6-10)17-8-9(15)5-13(17)14(18)19/h5,8,10-12H,2-4,6-7H2,1H3,(H,18,19). The van der Waals surface area contributed by atoms with Crippen molar-refractivity contribution in [3.63, 3.8) is 0 Å². The summed E-state index contributed by atoms with van der Waals surface area (Å²) < 4.78 is 2.82. The Kier molecular flexibility index (Phi) is 3.43. The van der Waals surface area contributed by atoms with E-state index in [9.17, 15) is 9.90 Å². The van der Waals surface area contributed by atoms with E-state index in [0.717, 1.165) is 17.3 Å². The van der Waals surface area contributed by atoms with E-state index in [2.05, 4.69) is 27.9 Å². The van der Waals surface area contributed by atoms with Crippen LogP contribution in [0, 0.1) is 0 Å². The van der Waals surface area contributed by atoms with Crippen LogP contribution in [0.15, 0.2) is 16.7 Å². The second-order valence-corrected chi connectivity index (χ2v) is 6.70. The van der Waals surface area contributed by atoms with Crippen LogP contribution in [-0.2, 0) is 0 Å². The molecule has 19 heavy (non-hydrogen) atoms. The predicted molar refractivity (Wildman–Crippen MR) is 76.6 cm³/mol. The summed E-state index contributed by atoms with van der Waals surface area (Å²) in [4.78, 5) is 13.8. The summed E-state index contributed by atoms with van der Waals surface area (Å²) in [5.41, 5.74) is 0.402. The lowest BCUT2D eigenvalue weighted by molar-refractivity contribution is 0.0380. The summed E-state index contributed by atoms with van der Waals surface area (Å²) in [6, 6.07) is 3.25. The van der Waals surface area contributed by atoms with Gasteiger partial charge in [-0.2, -0.15) is 0 Å². The molecule has 1 aromatic heterocycles. The third-order valence-electron chi connectivity index (χ3n) is 4.74. The van der Waals surface area contributed by atoms with E-state index in [4.69, 9.17) is 0 Å². The number of carboxylic acids is 1. The zero-order chi connectivity index (χ0) is 13.6. The van der Waals surface area contributed by atoms with Gasteiger partial charge in [0, 0.05) is 28.8 Å². The number of carboxylic acid groups (broad SMARTS) is 1. The minimum absolute atomic E-state index is 0.323. The van der Waals surface area contributed by atoms with Crippen molar-refractivity contribution in [3.8, 4) is 0 Å². The molecule has 0 saturated carbocycles. The van der Waals surface area contributed by atoms with Crippen molar-refractivity contribution < 1.29 is 9.90 Å². The van der Waals surface area contributed by atoms with Gasteiger partial charge in [0.25, 0.3) is 0 Å². The van der Waals surface area contributed by atoms with Crippen molar-refractivity contribution in [2.24, 2.45) is 0 Å². The second-order valence-electron chi connectivity index (χ2n) is 5.79. The van der Waals surface area contributed by atoms with Gasteiger partial charge in [0.05, 0.1) is 0 Å². The molecule has 2 atom stereocenters. The third-order valence-corrected chi connectivity index (χ3v) is 5.18. The Hall–Kier alpha value is -0.810. The fourth-order valence-corrected chi connectivity index (χ4v) is 4.17. The molecule has 2 fully saturated rings. The highest BCUT2D eigenvalue weighted by Gasteiger charge is 2.37. The fraction of sp³-hybridized carbons (Fsp3) is 0.643. The minimum Gasteiger partial charge on any atom is -0.477 e. The average Bonchev–Trinajstić information content (AvgIpc) is 2.71. The number of carbonyl (C=O) groups is 1. The van der Waals surface area contributed by atoms with Gasteiger partial charge >= 0.3 is 5.97 Å². The van der Waals surface area contributed by atoms with Crippen LogP contribution in [0.3, 0.4) is 0 Å². The molecule has 2 bridgehead atoms. The average molecular weight is 327 g/mol. The van der Waals surface area contributed by atoms with E-state index < -0.39 is 5.97 Å². The number of aromatic nitrogens is 1. The lowest BCUT2D eigenvalue weighted by atomic mass is 9.82. The monoisotopic (exact) mass is 326 g/mol. The van der Waals surface area contributed by atoms with Crippen LogP contribution >= 0.6 is 15.9 Å². The van der Waals surface area contributed by atoms with Crippen molar-refractivity contribution in [1.82, 2.24) is 9.47 Å². The van der Waals surface area contributed by atoms with Gasteiger partial charge in [-0.3, -0.25) is 0 Å². The maximum absolute atomic E-state index is 11.3. The number of hydrogen-bond donors (Lipinski definition) is 1. The molecule has 3 heterocycles. The number of nitrogens with zero attached hydrogens (tertiary/aromatic N) is 2. The molecule has 0 amide bonds. The van der Waals surface area contributed by atoms with E-state index in [-0.39, 0.29) is 0 Å². The van der Waals surface area contributed by atoms with Gasteiger partial charge in [-0.1, -0.05) is 6.42 Å². The number of fused-ring (bicyclic) bond motifs is 2. The molecule has 0 spiro atoms. The Morgan fingerprint density at radius 3 is 2.53 bits per heavy atom. The second kappa shape index (κ2) is 4.94. The number of hydrogen-bond acceptors (Lipinski definition) is 2. The Morgan fingerprint density at radius 2 is 1.95 bits per heavy atom. The van der Waals surface area contributed by atoms with Gasteiger partial charge < -0.3 is 14.6 Å². The highest BCUT2D eigenvalue weighted by molar-refractivity contribution is 9.10. The smallest absolute Gasteiger partial charge is 0.352 e. The van der Waals surface area contributed by atoms with E-state index in [1.54, 1.807) is 6.07 Å². The SMILES string of the molecule is CN1C2CCCC1CC(n1cc(Br)cc1C(=O)O)C2. The maximum atomic E-state index is 11.3. The van der Waals surface area contributed by atoms with Crippen molar-refractivity contribution in [3.05, 3.63) is 22.4 Å². The molecule has 0 aliphatic carbocycles. The number of aromatic carboxylic acids is 1. The van der Waals surface area contributed by atoms with Gasteiger partial charge in [-0.15, -0.1) is 0 Å². The number of halogens is 1. The first-order valence-corrected chi connectivity index (χ1v) is 7.68. The quantitative estimate of drug-likeness (QED) is 0.908. The van der Waals surface area contributed by atoms with Crippen LogP contribution in [0.4, 0.5) is 0 Å². The highest BCUT2D eigenvalue weighted by Crippen LogP contribution is 2.39. The molecule has 104 valence electrons. The summed E-state index contributed by atoms with van der Waals surface area (Å²) in [6.45, 7) is 0. The van der Waals surface area contributed by atoms with E-state index in [1.807, 2.05) is 10.8 Å². The maximum Gasteiger partial charge on any atom is 0.352 e. The molecule has 2 unspecified atom stereocenters. The van der Waals surface area contributed by atoms with Crippen LogP contribution in [0.2, 0.25) is 0 Å². The Balaban J connectivity index is 1.89. The predicted octanol–water partition coefficient (Wildman–Crippen LogP) is 3.14. The zero-order valence-electron chi connectivity index (χ0n) is 11.1. The summed E-state index contributed by atoms with van der Waals surface area (Å²) in [5.74, 6) is -0.838. The summed E-state index contributed by atoms with van der Waals surface area (Å²) in [5, 5.41) is 9.31. The van der Waals surface area contributed by atoms with Crippen LogP contribution in [0.25, 0.3) is 0 Å². The van der Waals surface area contributed by atoms with Gasteiger partial charge in [-0.25, -0.2) is 4.79 Å². The number of rotatable bonds is 2. The molecule has 0 radical (unpaired) electrons. The van der Waals surface area contributed by atoms with E-state index in [0.29, 0.717) is 23.8 Å². The summed E-state index contributed by atoms with van der Waals surface area (Å²) in [6.07, 6.45) is 7.86. The molecule has 2 aliphatic heterocycles. The topological polar surface area (TPSA) is 45.5 Å². The lowest BCUT2D eigenvalue weighted by Crippen LogP contribution is -2.50. The molecule has 5 heteroatoms. The largest absolute Gasteiger partial charge is 0.477 e. The molecule has 1 aromatic rings. The molecule has 2 saturated heterocycles. The molecule has 4 nitrogen and oxygen atoms in total. The van der Waals surface area contributed by atoms with Crippen molar-refractivity contribution in [2.75, 3.05) is 7.05 Å².